The average Bonchev–Trinajstić information content (AvgIpc) is 2.10. The third-order valence-electron chi connectivity index (χ3n) is 1.09. The van der Waals surface area contributed by atoms with E-state index in [1.165, 1.54) is 0 Å². The molecule has 11 heavy (non-hydrogen) atoms. The zero-order chi connectivity index (χ0) is 8.48. The standard InChI is InChI=1S/C6H11N3OS/c1-6(2,7)3-4-8-9-5(11)10-4/h3,7H2,1-2H3,(H,9,11). The van der Waals surface area contributed by atoms with Crippen molar-refractivity contribution in [3.05, 3.63) is 10.7 Å². The van der Waals surface area contributed by atoms with E-state index in [1.807, 2.05) is 13.8 Å². The van der Waals surface area contributed by atoms with Crippen LogP contribution in [0.15, 0.2) is 4.42 Å². The lowest BCUT2D eigenvalue weighted by Gasteiger charge is -2.14. The molecule has 3 N–H and O–H groups in total. The Morgan fingerprint density at radius 3 is 2.73 bits per heavy atom. The molecule has 0 fully saturated rings. The highest BCUT2D eigenvalue weighted by atomic mass is 32.1. The molecule has 0 aliphatic carbocycles. The number of hydrogen-bond donors (Lipinski definition) is 2. The van der Waals surface area contributed by atoms with Crippen LogP contribution in [0.4, 0.5) is 0 Å². The summed E-state index contributed by atoms with van der Waals surface area (Å²) in [6, 6.07) is 0. The first kappa shape index (κ1) is 8.42. The minimum absolute atomic E-state index is 0.296. The van der Waals surface area contributed by atoms with Gasteiger partial charge in [-0.15, -0.1) is 5.10 Å². The van der Waals surface area contributed by atoms with Gasteiger partial charge in [0.25, 0.3) is 4.84 Å². The van der Waals surface area contributed by atoms with Gasteiger partial charge in [0.05, 0.1) is 0 Å². The maximum Gasteiger partial charge on any atom is 0.284 e. The Morgan fingerprint density at radius 1 is 1.73 bits per heavy atom. The molecule has 0 saturated carbocycles. The molecule has 0 spiro atoms. The molecular formula is C6H11N3OS. The van der Waals surface area contributed by atoms with Crippen molar-refractivity contribution in [3.63, 3.8) is 0 Å². The van der Waals surface area contributed by atoms with Crippen molar-refractivity contribution >= 4 is 12.2 Å². The first-order valence-corrected chi connectivity index (χ1v) is 3.71. The fourth-order valence-corrected chi connectivity index (χ4v) is 0.868. The number of aromatic nitrogens is 2. The lowest BCUT2D eigenvalue weighted by Crippen LogP contribution is -2.34. The third kappa shape index (κ3) is 2.81. The van der Waals surface area contributed by atoms with E-state index in [4.69, 9.17) is 22.4 Å². The molecule has 0 saturated heterocycles. The zero-order valence-electron chi connectivity index (χ0n) is 6.55. The van der Waals surface area contributed by atoms with Crippen LogP contribution in [-0.4, -0.2) is 15.7 Å². The van der Waals surface area contributed by atoms with E-state index in [-0.39, 0.29) is 5.54 Å². The Balaban J connectivity index is 2.73. The second-order valence-corrected chi connectivity index (χ2v) is 3.54. The fourth-order valence-electron chi connectivity index (χ4n) is 0.726. The minimum Gasteiger partial charge on any atom is -0.414 e. The summed E-state index contributed by atoms with van der Waals surface area (Å²) in [7, 11) is 0. The van der Waals surface area contributed by atoms with Crippen molar-refractivity contribution in [2.75, 3.05) is 0 Å². The van der Waals surface area contributed by atoms with E-state index in [0.29, 0.717) is 17.1 Å². The average molecular weight is 173 g/mol. The maximum absolute atomic E-state index is 5.73. The number of H-pyrrole nitrogens is 1. The van der Waals surface area contributed by atoms with E-state index in [2.05, 4.69) is 10.2 Å². The Morgan fingerprint density at radius 2 is 2.36 bits per heavy atom. The van der Waals surface area contributed by atoms with Crippen molar-refractivity contribution in [1.29, 1.82) is 0 Å². The van der Waals surface area contributed by atoms with E-state index in [0.717, 1.165) is 0 Å². The Kier molecular flexibility index (Phi) is 2.10. The van der Waals surface area contributed by atoms with Crippen molar-refractivity contribution < 1.29 is 4.42 Å². The van der Waals surface area contributed by atoms with Crippen molar-refractivity contribution in [2.24, 2.45) is 5.73 Å². The normalized spacial score (nSPS) is 11.9. The van der Waals surface area contributed by atoms with Gasteiger partial charge in [0.15, 0.2) is 0 Å². The highest BCUT2D eigenvalue weighted by Crippen LogP contribution is 2.06. The molecule has 0 aliphatic heterocycles. The van der Waals surface area contributed by atoms with Crippen LogP contribution in [0.3, 0.4) is 0 Å². The molecule has 62 valence electrons. The van der Waals surface area contributed by atoms with Crippen molar-refractivity contribution in [3.8, 4) is 0 Å². The van der Waals surface area contributed by atoms with Gasteiger partial charge in [-0.3, -0.25) is 0 Å². The second kappa shape index (κ2) is 2.75. The molecule has 0 amide bonds. The summed E-state index contributed by atoms with van der Waals surface area (Å²) in [5, 5.41) is 6.36. The summed E-state index contributed by atoms with van der Waals surface area (Å²) in [6.07, 6.45) is 0.583. The molecule has 0 atom stereocenters. The summed E-state index contributed by atoms with van der Waals surface area (Å²) in [4.78, 5) is 0.296. The highest BCUT2D eigenvalue weighted by molar-refractivity contribution is 7.71. The Bertz CT molecular complexity index is 283. The van der Waals surface area contributed by atoms with Gasteiger partial charge < -0.3 is 10.2 Å². The molecule has 0 bridgehead atoms. The minimum atomic E-state index is -0.305. The lowest BCUT2D eigenvalue weighted by atomic mass is 10.0. The van der Waals surface area contributed by atoms with Gasteiger partial charge in [-0.2, -0.15) is 0 Å². The number of hydrogen-bond acceptors (Lipinski definition) is 4. The van der Waals surface area contributed by atoms with Gasteiger partial charge in [-0.25, -0.2) is 5.10 Å². The Hall–Kier alpha value is -0.680. The van der Waals surface area contributed by atoms with Crippen LogP contribution >= 0.6 is 12.2 Å². The number of nitrogens with one attached hydrogen (secondary N) is 1. The molecular weight excluding hydrogens is 162 g/mol. The first-order chi connectivity index (χ1) is 4.97. The SMILES string of the molecule is CC(C)(N)Cc1n[nH]c(=S)o1. The quantitative estimate of drug-likeness (QED) is 0.655. The second-order valence-electron chi connectivity index (χ2n) is 3.17. The number of nitrogens with two attached hydrogens (primary N) is 1. The van der Waals surface area contributed by atoms with Gasteiger partial charge in [-0.05, 0) is 26.1 Å². The monoisotopic (exact) mass is 173 g/mol. The largest absolute Gasteiger partial charge is 0.414 e. The predicted octanol–water partition coefficient (Wildman–Crippen LogP) is 1.01. The summed E-state index contributed by atoms with van der Waals surface area (Å²) in [5.74, 6) is 0.558. The fraction of sp³-hybridized carbons (Fsp3) is 0.667. The molecule has 1 aromatic rings. The first-order valence-electron chi connectivity index (χ1n) is 3.31. The topological polar surface area (TPSA) is 67.8 Å². The molecule has 4 nitrogen and oxygen atoms in total. The van der Waals surface area contributed by atoms with Crippen LogP contribution in [0.5, 0.6) is 0 Å². The molecule has 1 heterocycles. The summed E-state index contributed by atoms with van der Waals surface area (Å²) in [6.45, 7) is 3.81. The molecule has 0 aliphatic rings. The highest BCUT2D eigenvalue weighted by Gasteiger charge is 2.14. The van der Waals surface area contributed by atoms with Crippen molar-refractivity contribution in [1.82, 2.24) is 10.2 Å². The van der Waals surface area contributed by atoms with Gasteiger partial charge in [0, 0.05) is 12.0 Å². The summed E-state index contributed by atoms with van der Waals surface area (Å²) < 4.78 is 5.03. The molecule has 1 rings (SSSR count). The lowest BCUT2D eigenvalue weighted by molar-refractivity contribution is 0.413. The van der Waals surface area contributed by atoms with Crippen molar-refractivity contribution in [2.45, 2.75) is 25.8 Å². The molecule has 0 unspecified atom stereocenters. The van der Waals surface area contributed by atoms with Crippen LogP contribution < -0.4 is 5.73 Å². The van der Waals surface area contributed by atoms with Crippen LogP contribution in [0.1, 0.15) is 19.7 Å². The van der Waals surface area contributed by atoms with E-state index < -0.39 is 0 Å². The molecule has 0 radical (unpaired) electrons. The van der Waals surface area contributed by atoms with Crippen LogP contribution in [0.2, 0.25) is 0 Å². The molecule has 1 aromatic heterocycles. The maximum atomic E-state index is 5.73. The zero-order valence-corrected chi connectivity index (χ0v) is 7.36. The van der Waals surface area contributed by atoms with Gasteiger partial charge in [0.2, 0.25) is 5.89 Å². The molecule has 0 aromatic carbocycles. The van der Waals surface area contributed by atoms with E-state index in [9.17, 15) is 0 Å². The van der Waals surface area contributed by atoms with Gasteiger partial charge >= 0.3 is 0 Å². The predicted molar refractivity (Wildman–Crippen MR) is 43.7 cm³/mol. The number of rotatable bonds is 2. The van der Waals surface area contributed by atoms with Crippen LogP contribution in [-0.2, 0) is 6.42 Å². The Labute approximate surface area is 69.8 Å². The smallest absolute Gasteiger partial charge is 0.284 e. The number of aromatic amines is 1. The van der Waals surface area contributed by atoms with E-state index in [1.54, 1.807) is 0 Å². The van der Waals surface area contributed by atoms with E-state index >= 15 is 0 Å². The number of nitrogens with zero attached hydrogens (tertiary/aromatic N) is 1. The van der Waals surface area contributed by atoms with Gasteiger partial charge in [0.1, 0.15) is 0 Å². The third-order valence-corrected chi connectivity index (χ3v) is 1.26. The molecule has 5 heteroatoms. The van der Waals surface area contributed by atoms with Crippen LogP contribution in [0, 0.1) is 4.84 Å². The van der Waals surface area contributed by atoms with Gasteiger partial charge in [-0.1, -0.05) is 0 Å². The summed E-state index contributed by atoms with van der Waals surface area (Å²) >= 11 is 4.70. The van der Waals surface area contributed by atoms with Crippen LogP contribution in [0.25, 0.3) is 0 Å². The summed E-state index contributed by atoms with van der Waals surface area (Å²) in [5.41, 5.74) is 5.42.